The van der Waals surface area contributed by atoms with Gasteiger partial charge in [-0.1, -0.05) is 19.8 Å². The van der Waals surface area contributed by atoms with Crippen molar-refractivity contribution in [2.24, 2.45) is 0 Å². The van der Waals surface area contributed by atoms with Crippen LogP contribution in [0, 0.1) is 6.92 Å². The lowest BCUT2D eigenvalue weighted by Gasteiger charge is -2.20. The second-order valence-electron chi connectivity index (χ2n) is 5.43. The molecule has 116 valence electrons. The van der Waals surface area contributed by atoms with E-state index in [0.717, 1.165) is 18.5 Å². The van der Waals surface area contributed by atoms with E-state index in [4.69, 9.17) is 9.47 Å². The molecule has 1 aliphatic rings. The maximum Gasteiger partial charge on any atom is 0.254 e. The molecule has 1 saturated carbocycles. The van der Waals surface area contributed by atoms with Gasteiger partial charge < -0.3 is 14.8 Å². The summed E-state index contributed by atoms with van der Waals surface area (Å²) >= 11 is 0. The van der Waals surface area contributed by atoms with Crippen molar-refractivity contribution in [2.45, 2.75) is 58.2 Å². The fourth-order valence-electron chi connectivity index (χ4n) is 2.60. The second kappa shape index (κ2) is 7.41. The third-order valence-electron chi connectivity index (χ3n) is 3.78. The van der Waals surface area contributed by atoms with Gasteiger partial charge in [0, 0.05) is 5.69 Å². The quantitative estimate of drug-likeness (QED) is 0.875. The number of amides is 1. The van der Waals surface area contributed by atoms with Crippen molar-refractivity contribution >= 4 is 11.7 Å². The number of nitrogens with zero attached hydrogens (tertiary/aromatic N) is 1. The Morgan fingerprint density at radius 2 is 2.14 bits per heavy atom. The molecule has 0 bridgehead atoms. The number of aryl methyl sites for hydroxylation is 1. The number of aromatic nitrogens is 1. The molecule has 0 aliphatic heterocycles. The number of nitrogens with one attached hydrogen (secondary N) is 1. The Labute approximate surface area is 126 Å². The highest BCUT2D eigenvalue weighted by Crippen LogP contribution is 2.25. The van der Waals surface area contributed by atoms with E-state index in [1.54, 1.807) is 13.2 Å². The van der Waals surface area contributed by atoms with E-state index in [0.29, 0.717) is 18.0 Å². The summed E-state index contributed by atoms with van der Waals surface area (Å²) in [5.41, 5.74) is 0.829. The Hall–Kier alpha value is -1.62. The zero-order valence-electron chi connectivity index (χ0n) is 13.0. The molecule has 2 rings (SSSR count). The van der Waals surface area contributed by atoms with Crippen LogP contribution < -0.4 is 10.1 Å². The molecule has 0 saturated heterocycles. The molecule has 1 unspecified atom stereocenters. The molecule has 5 heteroatoms. The summed E-state index contributed by atoms with van der Waals surface area (Å²) in [5.74, 6) is 0.862. The summed E-state index contributed by atoms with van der Waals surface area (Å²) in [7, 11) is 1.56. The monoisotopic (exact) mass is 292 g/mol. The number of ether oxygens (including phenoxy) is 2. The maximum absolute atomic E-state index is 12.4. The molecule has 0 spiro atoms. The number of rotatable bonds is 6. The molecule has 5 nitrogen and oxygen atoms in total. The van der Waals surface area contributed by atoms with Crippen LogP contribution in [0.1, 0.15) is 44.7 Å². The summed E-state index contributed by atoms with van der Waals surface area (Å²) in [6.07, 6.45) is 4.92. The molecule has 1 heterocycles. The average Bonchev–Trinajstić information content (AvgIpc) is 2.98. The molecule has 1 aliphatic carbocycles. The number of pyridine rings is 1. The van der Waals surface area contributed by atoms with Crippen molar-refractivity contribution in [3.8, 4) is 5.75 Å². The molecule has 1 N–H and O–H groups in total. The fraction of sp³-hybridized carbons (Fsp3) is 0.625. The summed E-state index contributed by atoms with van der Waals surface area (Å²) in [4.78, 5) is 16.7. The summed E-state index contributed by atoms with van der Waals surface area (Å²) < 4.78 is 11.1. The van der Waals surface area contributed by atoms with Crippen molar-refractivity contribution in [3.63, 3.8) is 0 Å². The third kappa shape index (κ3) is 4.17. The van der Waals surface area contributed by atoms with Gasteiger partial charge in [-0.3, -0.25) is 4.79 Å². The Kier molecular flexibility index (Phi) is 5.56. The predicted octanol–water partition coefficient (Wildman–Crippen LogP) is 3.07. The van der Waals surface area contributed by atoms with E-state index in [-0.39, 0.29) is 12.0 Å². The van der Waals surface area contributed by atoms with Gasteiger partial charge in [-0.2, -0.15) is 0 Å². The zero-order chi connectivity index (χ0) is 15.2. The van der Waals surface area contributed by atoms with Crippen molar-refractivity contribution in [1.82, 2.24) is 4.98 Å². The van der Waals surface area contributed by atoms with Gasteiger partial charge in [0.2, 0.25) is 0 Å². The van der Waals surface area contributed by atoms with Crippen molar-refractivity contribution in [3.05, 3.63) is 17.8 Å². The largest absolute Gasteiger partial charge is 0.493 e. The van der Waals surface area contributed by atoms with Crippen LogP contribution in [0.5, 0.6) is 5.75 Å². The number of hydrogen-bond acceptors (Lipinski definition) is 4. The minimum atomic E-state index is -0.430. The van der Waals surface area contributed by atoms with Crippen LogP contribution in [-0.4, -0.2) is 30.2 Å². The number of methoxy groups -OCH3 is 1. The van der Waals surface area contributed by atoms with Gasteiger partial charge in [-0.15, -0.1) is 0 Å². The van der Waals surface area contributed by atoms with Crippen LogP contribution in [0.15, 0.2) is 12.1 Å². The van der Waals surface area contributed by atoms with Gasteiger partial charge in [0.25, 0.3) is 5.91 Å². The predicted molar refractivity (Wildman–Crippen MR) is 81.6 cm³/mol. The van der Waals surface area contributed by atoms with E-state index in [2.05, 4.69) is 10.3 Å². The first-order chi connectivity index (χ1) is 10.1. The molecule has 1 fully saturated rings. The van der Waals surface area contributed by atoms with Gasteiger partial charge in [-0.25, -0.2) is 4.98 Å². The van der Waals surface area contributed by atoms with Crippen LogP contribution in [0.4, 0.5) is 5.82 Å². The van der Waals surface area contributed by atoms with E-state index in [1.165, 1.54) is 12.8 Å². The maximum atomic E-state index is 12.4. The molecule has 1 aromatic rings. The minimum Gasteiger partial charge on any atom is -0.493 e. The Bertz CT molecular complexity index is 484. The number of carbonyl (C=O) groups is 1. The van der Waals surface area contributed by atoms with E-state index in [1.807, 2.05) is 19.9 Å². The van der Waals surface area contributed by atoms with Crippen LogP contribution in [0.2, 0.25) is 0 Å². The average molecular weight is 292 g/mol. The Morgan fingerprint density at radius 1 is 1.43 bits per heavy atom. The summed E-state index contributed by atoms with van der Waals surface area (Å²) in [5, 5.41) is 2.83. The van der Waals surface area contributed by atoms with Gasteiger partial charge in [-0.05, 0) is 38.3 Å². The van der Waals surface area contributed by atoms with Crippen LogP contribution >= 0.6 is 0 Å². The van der Waals surface area contributed by atoms with Crippen molar-refractivity contribution < 1.29 is 14.3 Å². The number of anilines is 1. The summed E-state index contributed by atoms with van der Waals surface area (Å²) in [6, 6.07) is 3.65. The van der Waals surface area contributed by atoms with Crippen LogP contribution in [0.25, 0.3) is 0 Å². The number of carbonyl (C=O) groups excluding carboxylic acids is 1. The first kappa shape index (κ1) is 15.8. The standard InChI is InChI=1S/C16H24N2O3/c1-4-13(21-12-7-5-6-8-12)16(19)18-15-14(20-3)10-9-11(2)17-15/h9-10,12-13H,4-8H2,1-3H3,(H,17,18,19). The van der Waals surface area contributed by atoms with Crippen molar-refractivity contribution in [2.75, 3.05) is 12.4 Å². The topological polar surface area (TPSA) is 60.5 Å². The van der Waals surface area contributed by atoms with Gasteiger partial charge in [0.05, 0.1) is 13.2 Å². The molecule has 0 radical (unpaired) electrons. The van der Waals surface area contributed by atoms with Gasteiger partial charge in [0.1, 0.15) is 6.10 Å². The second-order valence-corrected chi connectivity index (χ2v) is 5.43. The van der Waals surface area contributed by atoms with Crippen LogP contribution in [0.3, 0.4) is 0 Å². The van der Waals surface area contributed by atoms with Gasteiger partial charge in [0.15, 0.2) is 11.6 Å². The fourth-order valence-corrected chi connectivity index (χ4v) is 2.60. The van der Waals surface area contributed by atoms with Crippen molar-refractivity contribution in [1.29, 1.82) is 0 Å². The minimum absolute atomic E-state index is 0.152. The Morgan fingerprint density at radius 3 is 2.76 bits per heavy atom. The highest BCUT2D eigenvalue weighted by molar-refractivity contribution is 5.94. The molecular weight excluding hydrogens is 268 g/mol. The third-order valence-corrected chi connectivity index (χ3v) is 3.78. The lowest BCUT2D eigenvalue weighted by Crippen LogP contribution is -2.33. The van der Waals surface area contributed by atoms with E-state index in [9.17, 15) is 4.79 Å². The lowest BCUT2D eigenvalue weighted by atomic mass is 10.2. The number of hydrogen-bond donors (Lipinski definition) is 1. The smallest absolute Gasteiger partial charge is 0.254 e. The van der Waals surface area contributed by atoms with Gasteiger partial charge >= 0.3 is 0 Å². The SMILES string of the molecule is CCC(OC1CCCC1)C(=O)Nc1nc(C)ccc1OC. The first-order valence-electron chi connectivity index (χ1n) is 7.62. The van der Waals surface area contributed by atoms with Crippen LogP contribution in [-0.2, 0) is 9.53 Å². The lowest BCUT2D eigenvalue weighted by molar-refractivity contribution is -0.131. The highest BCUT2D eigenvalue weighted by atomic mass is 16.5. The first-order valence-corrected chi connectivity index (χ1v) is 7.62. The highest BCUT2D eigenvalue weighted by Gasteiger charge is 2.25. The zero-order valence-corrected chi connectivity index (χ0v) is 13.0. The normalized spacial score (nSPS) is 16.7. The molecule has 0 aromatic carbocycles. The molecule has 21 heavy (non-hydrogen) atoms. The Balaban J connectivity index is 2.02. The van der Waals surface area contributed by atoms with E-state index < -0.39 is 6.10 Å². The van der Waals surface area contributed by atoms with E-state index >= 15 is 0 Å². The molecule has 1 aromatic heterocycles. The molecule has 1 atom stereocenters. The molecule has 1 amide bonds. The molecular formula is C16H24N2O3. The summed E-state index contributed by atoms with van der Waals surface area (Å²) in [6.45, 7) is 3.83.